The maximum absolute atomic E-state index is 11.0. The quantitative estimate of drug-likeness (QED) is 0.680. The fourth-order valence-electron chi connectivity index (χ4n) is 1.96. The minimum absolute atomic E-state index is 0.0748. The maximum atomic E-state index is 11.0. The Labute approximate surface area is 118 Å². The van der Waals surface area contributed by atoms with E-state index in [2.05, 4.69) is 5.32 Å². The Bertz CT molecular complexity index is 624. The molecule has 0 aliphatic rings. The van der Waals surface area contributed by atoms with Crippen molar-refractivity contribution in [2.75, 3.05) is 24.3 Å². The normalized spacial score (nSPS) is 10.2. The summed E-state index contributed by atoms with van der Waals surface area (Å²) in [6.45, 7) is 2.02. The van der Waals surface area contributed by atoms with Crippen LogP contribution in [0.4, 0.5) is 22.7 Å². The zero-order valence-electron chi connectivity index (χ0n) is 11.8. The van der Waals surface area contributed by atoms with Crippen molar-refractivity contribution in [3.63, 3.8) is 0 Å². The molecular weight excluding hydrogens is 254 g/mol. The molecule has 104 valence electrons. The molecule has 2 aromatic rings. The van der Waals surface area contributed by atoms with Crippen LogP contribution in [0.15, 0.2) is 42.5 Å². The highest BCUT2D eigenvalue weighted by atomic mass is 16.6. The zero-order valence-corrected chi connectivity index (χ0v) is 11.8. The van der Waals surface area contributed by atoms with Gasteiger partial charge in [0.2, 0.25) is 0 Å². The van der Waals surface area contributed by atoms with E-state index < -0.39 is 0 Å². The monoisotopic (exact) mass is 271 g/mol. The Morgan fingerprint density at radius 3 is 2.30 bits per heavy atom. The van der Waals surface area contributed by atoms with Gasteiger partial charge in [0.05, 0.1) is 4.92 Å². The lowest BCUT2D eigenvalue weighted by atomic mass is 10.2. The predicted octanol–water partition coefficient (Wildman–Crippen LogP) is 3.71. The van der Waals surface area contributed by atoms with E-state index in [1.54, 1.807) is 13.1 Å². The lowest BCUT2D eigenvalue weighted by Gasteiger charge is -2.20. The third kappa shape index (κ3) is 2.88. The third-order valence-corrected chi connectivity index (χ3v) is 3.21. The Balaban J connectivity index is 2.42. The molecule has 0 radical (unpaired) electrons. The summed E-state index contributed by atoms with van der Waals surface area (Å²) >= 11 is 0. The highest BCUT2D eigenvalue weighted by Gasteiger charge is 2.12. The van der Waals surface area contributed by atoms with E-state index >= 15 is 0 Å². The first-order chi connectivity index (χ1) is 9.51. The second-order valence-corrected chi connectivity index (χ2v) is 4.64. The number of nitro groups is 1. The molecule has 0 bridgehead atoms. The predicted molar refractivity (Wildman–Crippen MR) is 81.9 cm³/mol. The molecule has 0 unspecified atom stereocenters. The molecule has 0 heterocycles. The van der Waals surface area contributed by atoms with E-state index in [0.29, 0.717) is 5.69 Å². The van der Waals surface area contributed by atoms with Crippen molar-refractivity contribution in [2.24, 2.45) is 0 Å². The Kier molecular flexibility index (Phi) is 3.89. The van der Waals surface area contributed by atoms with Crippen LogP contribution in [0.1, 0.15) is 5.56 Å². The highest BCUT2D eigenvalue weighted by molar-refractivity contribution is 5.70. The molecular formula is C15H17N3O2. The van der Waals surface area contributed by atoms with Gasteiger partial charge in [-0.15, -0.1) is 0 Å². The number of aryl methyl sites for hydroxylation is 1. The summed E-state index contributed by atoms with van der Waals surface area (Å²) in [6, 6.07) is 13.0. The van der Waals surface area contributed by atoms with E-state index in [1.807, 2.05) is 49.2 Å². The van der Waals surface area contributed by atoms with Gasteiger partial charge in [-0.25, -0.2) is 0 Å². The first-order valence-electron chi connectivity index (χ1n) is 6.29. The fraction of sp³-hybridized carbons (Fsp3) is 0.200. The van der Waals surface area contributed by atoms with Crippen molar-refractivity contribution in [1.82, 2.24) is 0 Å². The van der Waals surface area contributed by atoms with Crippen molar-refractivity contribution < 1.29 is 4.92 Å². The van der Waals surface area contributed by atoms with Crippen molar-refractivity contribution in [3.05, 3.63) is 58.1 Å². The minimum Gasteiger partial charge on any atom is -0.388 e. The van der Waals surface area contributed by atoms with E-state index in [9.17, 15) is 10.1 Å². The van der Waals surface area contributed by atoms with Gasteiger partial charge in [-0.2, -0.15) is 0 Å². The smallest absolute Gasteiger partial charge is 0.273 e. The first-order valence-corrected chi connectivity index (χ1v) is 6.29. The lowest BCUT2D eigenvalue weighted by molar-refractivity contribution is -0.384. The molecule has 0 aliphatic carbocycles. The van der Waals surface area contributed by atoms with Crippen LogP contribution in [0, 0.1) is 17.0 Å². The van der Waals surface area contributed by atoms with Gasteiger partial charge in [-0.1, -0.05) is 17.7 Å². The van der Waals surface area contributed by atoms with Gasteiger partial charge >= 0.3 is 0 Å². The Morgan fingerprint density at radius 2 is 1.75 bits per heavy atom. The van der Waals surface area contributed by atoms with Crippen LogP contribution in [0.3, 0.4) is 0 Å². The molecule has 0 fully saturated rings. The summed E-state index contributed by atoms with van der Waals surface area (Å²) < 4.78 is 0. The van der Waals surface area contributed by atoms with Crippen molar-refractivity contribution in [2.45, 2.75) is 6.92 Å². The summed E-state index contributed by atoms with van der Waals surface area (Å²) in [4.78, 5) is 12.5. The summed E-state index contributed by atoms with van der Waals surface area (Å²) in [6.07, 6.45) is 0. The van der Waals surface area contributed by atoms with Crippen molar-refractivity contribution >= 4 is 22.7 Å². The third-order valence-electron chi connectivity index (χ3n) is 3.21. The fourth-order valence-corrected chi connectivity index (χ4v) is 1.96. The summed E-state index contributed by atoms with van der Waals surface area (Å²) in [5, 5.41) is 13.9. The van der Waals surface area contributed by atoms with Crippen LogP contribution >= 0.6 is 0 Å². The lowest BCUT2D eigenvalue weighted by Crippen LogP contribution is -2.10. The van der Waals surface area contributed by atoms with Crippen LogP contribution < -0.4 is 10.2 Å². The standard InChI is InChI=1S/C15H17N3O2/c1-11-4-6-13(7-5-11)17(3)14-8-12(16-2)9-15(10-14)18(19)20/h4-10,16H,1-3H3. The largest absolute Gasteiger partial charge is 0.388 e. The number of benzene rings is 2. The number of nitro benzene ring substituents is 1. The molecule has 2 aromatic carbocycles. The number of hydrogen-bond donors (Lipinski definition) is 1. The van der Waals surface area contributed by atoms with Crippen LogP contribution in [0.5, 0.6) is 0 Å². The second kappa shape index (κ2) is 5.61. The number of rotatable bonds is 4. The number of anilines is 3. The number of non-ortho nitro benzene ring substituents is 1. The zero-order chi connectivity index (χ0) is 14.7. The van der Waals surface area contributed by atoms with E-state index in [-0.39, 0.29) is 10.6 Å². The molecule has 20 heavy (non-hydrogen) atoms. The van der Waals surface area contributed by atoms with Crippen LogP contribution in [-0.4, -0.2) is 19.0 Å². The topological polar surface area (TPSA) is 58.4 Å². The average molecular weight is 271 g/mol. The first kappa shape index (κ1) is 13.9. The molecule has 2 rings (SSSR count). The minimum atomic E-state index is -0.382. The van der Waals surface area contributed by atoms with E-state index in [0.717, 1.165) is 11.4 Å². The summed E-state index contributed by atoms with van der Waals surface area (Å²) in [7, 11) is 3.64. The molecule has 0 amide bonds. The highest BCUT2D eigenvalue weighted by Crippen LogP contribution is 2.30. The summed E-state index contributed by atoms with van der Waals surface area (Å²) in [5.41, 5.74) is 3.72. The average Bonchev–Trinajstić information content (AvgIpc) is 2.46. The van der Waals surface area contributed by atoms with Gasteiger partial charge in [0.25, 0.3) is 5.69 Å². The SMILES string of the molecule is CNc1cc(N(C)c2ccc(C)cc2)cc([N+](=O)[O-])c1. The molecule has 0 saturated carbocycles. The van der Waals surface area contributed by atoms with Crippen LogP contribution in [0.25, 0.3) is 0 Å². The van der Waals surface area contributed by atoms with Gasteiger partial charge in [-0.05, 0) is 25.1 Å². The Morgan fingerprint density at radius 1 is 1.10 bits per heavy atom. The molecule has 5 heteroatoms. The van der Waals surface area contributed by atoms with Crippen molar-refractivity contribution in [3.8, 4) is 0 Å². The van der Waals surface area contributed by atoms with Crippen LogP contribution in [0.2, 0.25) is 0 Å². The molecule has 0 aromatic heterocycles. The molecule has 0 spiro atoms. The van der Waals surface area contributed by atoms with Gasteiger partial charge < -0.3 is 10.2 Å². The van der Waals surface area contributed by atoms with Crippen molar-refractivity contribution in [1.29, 1.82) is 0 Å². The number of hydrogen-bond acceptors (Lipinski definition) is 4. The van der Waals surface area contributed by atoms with E-state index in [4.69, 9.17) is 0 Å². The molecule has 1 N–H and O–H groups in total. The van der Waals surface area contributed by atoms with Gasteiger partial charge in [0.1, 0.15) is 0 Å². The molecule has 5 nitrogen and oxygen atoms in total. The van der Waals surface area contributed by atoms with E-state index in [1.165, 1.54) is 11.6 Å². The Hall–Kier alpha value is -2.56. The number of nitrogens with zero attached hydrogens (tertiary/aromatic N) is 2. The molecule has 0 aliphatic heterocycles. The molecule has 0 atom stereocenters. The number of nitrogens with one attached hydrogen (secondary N) is 1. The van der Waals surface area contributed by atoms with Gasteiger partial charge in [0, 0.05) is 43.3 Å². The summed E-state index contributed by atoms with van der Waals surface area (Å²) in [5.74, 6) is 0. The van der Waals surface area contributed by atoms with Gasteiger partial charge in [-0.3, -0.25) is 10.1 Å². The maximum Gasteiger partial charge on any atom is 0.273 e. The van der Waals surface area contributed by atoms with Crippen LogP contribution in [-0.2, 0) is 0 Å². The molecule has 0 saturated heterocycles. The van der Waals surface area contributed by atoms with Gasteiger partial charge in [0.15, 0.2) is 0 Å². The second-order valence-electron chi connectivity index (χ2n) is 4.64.